The molecule has 104 valence electrons. The molecule has 0 radical (unpaired) electrons. The molecule has 0 amide bonds. The summed E-state index contributed by atoms with van der Waals surface area (Å²) < 4.78 is 38.6. The summed E-state index contributed by atoms with van der Waals surface area (Å²) in [6, 6.07) is 13.5. The molecule has 0 unspecified atom stereocenters. The Morgan fingerprint density at radius 1 is 1.00 bits per heavy atom. The van der Waals surface area contributed by atoms with Crippen molar-refractivity contribution in [3.63, 3.8) is 0 Å². The van der Waals surface area contributed by atoms with Crippen molar-refractivity contribution in [2.75, 3.05) is 16.6 Å². The molecule has 1 fully saturated rings. The molecule has 1 heterocycles. The first-order chi connectivity index (χ1) is 9.56. The van der Waals surface area contributed by atoms with Crippen LogP contribution in [0.2, 0.25) is 0 Å². The highest BCUT2D eigenvalue weighted by atomic mass is 32.2. The Labute approximate surface area is 117 Å². The molecule has 20 heavy (non-hydrogen) atoms. The quantitative estimate of drug-likeness (QED) is 0.853. The SMILES string of the molecule is O=S1(=O)CCCN1c1cccc(-c2cccc(F)c2)c1. The number of anilines is 1. The summed E-state index contributed by atoms with van der Waals surface area (Å²) in [4.78, 5) is 0. The van der Waals surface area contributed by atoms with Crippen molar-refractivity contribution >= 4 is 15.7 Å². The Morgan fingerprint density at radius 3 is 2.35 bits per heavy atom. The van der Waals surface area contributed by atoms with Crippen molar-refractivity contribution in [2.45, 2.75) is 6.42 Å². The van der Waals surface area contributed by atoms with Gasteiger partial charge in [0.1, 0.15) is 5.82 Å². The van der Waals surface area contributed by atoms with Crippen LogP contribution in [0.5, 0.6) is 0 Å². The van der Waals surface area contributed by atoms with E-state index in [0.717, 1.165) is 11.1 Å². The van der Waals surface area contributed by atoms with Gasteiger partial charge >= 0.3 is 0 Å². The van der Waals surface area contributed by atoms with Crippen LogP contribution >= 0.6 is 0 Å². The lowest BCUT2D eigenvalue weighted by Gasteiger charge is -2.17. The molecule has 3 rings (SSSR count). The van der Waals surface area contributed by atoms with Gasteiger partial charge in [-0.25, -0.2) is 12.8 Å². The minimum atomic E-state index is -3.19. The molecular weight excluding hydrogens is 277 g/mol. The average molecular weight is 291 g/mol. The third kappa shape index (κ3) is 2.41. The fourth-order valence-corrected chi connectivity index (χ4v) is 3.99. The predicted molar refractivity (Wildman–Crippen MR) is 77.6 cm³/mol. The Kier molecular flexibility index (Phi) is 3.22. The zero-order chi connectivity index (χ0) is 14.2. The molecule has 1 saturated heterocycles. The average Bonchev–Trinajstić information content (AvgIpc) is 2.78. The van der Waals surface area contributed by atoms with Crippen molar-refractivity contribution in [1.29, 1.82) is 0 Å². The van der Waals surface area contributed by atoms with E-state index in [2.05, 4.69) is 0 Å². The Hall–Kier alpha value is -1.88. The zero-order valence-electron chi connectivity index (χ0n) is 10.8. The molecule has 0 aliphatic carbocycles. The lowest BCUT2D eigenvalue weighted by atomic mass is 10.1. The first-order valence-electron chi connectivity index (χ1n) is 6.43. The van der Waals surface area contributed by atoms with Gasteiger partial charge in [0.25, 0.3) is 0 Å². The minimum absolute atomic E-state index is 0.192. The molecule has 2 aromatic carbocycles. The van der Waals surface area contributed by atoms with Crippen molar-refractivity contribution in [2.24, 2.45) is 0 Å². The van der Waals surface area contributed by atoms with E-state index < -0.39 is 10.0 Å². The lowest BCUT2D eigenvalue weighted by Crippen LogP contribution is -2.24. The molecule has 1 aliphatic rings. The minimum Gasteiger partial charge on any atom is -0.270 e. The summed E-state index contributed by atoms with van der Waals surface area (Å²) in [6.45, 7) is 0.509. The van der Waals surface area contributed by atoms with Crippen molar-refractivity contribution in [1.82, 2.24) is 0 Å². The van der Waals surface area contributed by atoms with Gasteiger partial charge in [-0.15, -0.1) is 0 Å². The van der Waals surface area contributed by atoms with Crippen molar-refractivity contribution in [3.05, 3.63) is 54.3 Å². The van der Waals surface area contributed by atoms with Gasteiger partial charge in [-0.3, -0.25) is 4.31 Å². The normalized spacial score (nSPS) is 17.4. The molecule has 5 heteroatoms. The van der Waals surface area contributed by atoms with Crippen LogP contribution in [0.3, 0.4) is 0 Å². The number of hydrogen-bond donors (Lipinski definition) is 0. The van der Waals surface area contributed by atoms with Crippen LogP contribution in [0, 0.1) is 5.82 Å². The van der Waals surface area contributed by atoms with E-state index in [4.69, 9.17) is 0 Å². The van der Waals surface area contributed by atoms with E-state index in [0.29, 0.717) is 18.7 Å². The van der Waals surface area contributed by atoms with Crippen LogP contribution in [0.4, 0.5) is 10.1 Å². The van der Waals surface area contributed by atoms with E-state index in [-0.39, 0.29) is 11.6 Å². The molecule has 0 aromatic heterocycles. The van der Waals surface area contributed by atoms with Gasteiger partial charge in [0.05, 0.1) is 11.4 Å². The molecular formula is C15H14FNO2S. The third-order valence-electron chi connectivity index (χ3n) is 3.39. The maximum Gasteiger partial charge on any atom is 0.235 e. The number of nitrogens with zero attached hydrogens (tertiary/aromatic N) is 1. The van der Waals surface area contributed by atoms with Crippen molar-refractivity contribution < 1.29 is 12.8 Å². The van der Waals surface area contributed by atoms with E-state index in [9.17, 15) is 12.8 Å². The van der Waals surface area contributed by atoms with Gasteiger partial charge in [-0.1, -0.05) is 24.3 Å². The van der Waals surface area contributed by atoms with E-state index in [1.165, 1.54) is 16.4 Å². The summed E-state index contributed by atoms with van der Waals surface area (Å²) in [5.41, 5.74) is 2.19. The zero-order valence-corrected chi connectivity index (χ0v) is 11.6. The summed E-state index contributed by atoms with van der Waals surface area (Å²) >= 11 is 0. The van der Waals surface area contributed by atoms with Gasteiger partial charge in [-0.05, 0) is 41.8 Å². The molecule has 1 aliphatic heterocycles. The van der Waals surface area contributed by atoms with Crippen LogP contribution in [0.15, 0.2) is 48.5 Å². The van der Waals surface area contributed by atoms with Gasteiger partial charge < -0.3 is 0 Å². The van der Waals surface area contributed by atoms with Crippen LogP contribution in [0.1, 0.15) is 6.42 Å². The van der Waals surface area contributed by atoms with Crippen molar-refractivity contribution in [3.8, 4) is 11.1 Å². The first kappa shape index (κ1) is 13.1. The highest BCUT2D eigenvalue weighted by Gasteiger charge is 2.28. The molecule has 2 aromatic rings. The summed E-state index contributed by atoms with van der Waals surface area (Å²) in [5.74, 6) is -0.112. The van der Waals surface area contributed by atoms with E-state index >= 15 is 0 Å². The number of rotatable bonds is 2. The predicted octanol–water partition coefficient (Wildman–Crippen LogP) is 3.03. The highest BCUT2D eigenvalue weighted by Crippen LogP contribution is 2.29. The van der Waals surface area contributed by atoms with Gasteiger partial charge in [0.15, 0.2) is 0 Å². The molecule has 0 atom stereocenters. The highest BCUT2D eigenvalue weighted by molar-refractivity contribution is 7.93. The Morgan fingerprint density at radius 2 is 1.70 bits per heavy atom. The lowest BCUT2D eigenvalue weighted by molar-refractivity contribution is 0.599. The third-order valence-corrected chi connectivity index (χ3v) is 5.26. The van der Waals surface area contributed by atoms with Gasteiger partial charge in [0, 0.05) is 6.54 Å². The number of hydrogen-bond acceptors (Lipinski definition) is 2. The molecule has 0 bridgehead atoms. The second-order valence-electron chi connectivity index (χ2n) is 4.80. The standard InChI is InChI=1S/C15H14FNO2S/c16-14-6-1-4-12(10-14)13-5-2-7-15(11-13)17-8-3-9-20(17,18)19/h1-2,4-7,10-11H,3,8-9H2. The second kappa shape index (κ2) is 4.90. The molecule has 0 saturated carbocycles. The maximum atomic E-state index is 13.3. The topological polar surface area (TPSA) is 37.4 Å². The maximum absolute atomic E-state index is 13.3. The fraction of sp³-hybridized carbons (Fsp3) is 0.200. The van der Waals surface area contributed by atoms with Crippen LogP contribution in [0.25, 0.3) is 11.1 Å². The van der Waals surface area contributed by atoms with Gasteiger partial charge in [0.2, 0.25) is 10.0 Å². The summed E-state index contributed by atoms with van der Waals surface area (Å²) in [5, 5.41) is 0. The van der Waals surface area contributed by atoms with Crippen LogP contribution in [-0.4, -0.2) is 20.7 Å². The Balaban J connectivity index is 2.02. The molecule has 3 nitrogen and oxygen atoms in total. The largest absolute Gasteiger partial charge is 0.270 e. The smallest absolute Gasteiger partial charge is 0.235 e. The summed E-state index contributed by atoms with van der Waals surface area (Å²) in [7, 11) is -3.19. The molecule has 0 N–H and O–H groups in total. The monoisotopic (exact) mass is 291 g/mol. The Bertz CT molecular complexity index is 743. The van der Waals surface area contributed by atoms with Gasteiger partial charge in [-0.2, -0.15) is 0 Å². The van der Waals surface area contributed by atoms with Crippen LogP contribution < -0.4 is 4.31 Å². The number of halogens is 1. The number of sulfonamides is 1. The number of benzene rings is 2. The van der Waals surface area contributed by atoms with Crippen LogP contribution in [-0.2, 0) is 10.0 Å². The molecule has 0 spiro atoms. The first-order valence-corrected chi connectivity index (χ1v) is 8.04. The van der Waals surface area contributed by atoms with E-state index in [1.807, 2.05) is 6.07 Å². The summed E-state index contributed by atoms with van der Waals surface area (Å²) in [6.07, 6.45) is 0.645. The second-order valence-corrected chi connectivity index (χ2v) is 6.82. The van der Waals surface area contributed by atoms with E-state index in [1.54, 1.807) is 30.3 Å². The fourth-order valence-electron chi connectivity index (χ4n) is 2.44.